The van der Waals surface area contributed by atoms with Gasteiger partial charge in [-0.3, -0.25) is 0 Å². The van der Waals surface area contributed by atoms with E-state index in [1.54, 1.807) is 0 Å². The van der Waals surface area contributed by atoms with Crippen LogP contribution in [-0.2, 0) is 13.5 Å². The van der Waals surface area contributed by atoms with Crippen molar-refractivity contribution in [3.63, 3.8) is 0 Å². The Morgan fingerprint density at radius 3 is 2.52 bits per heavy atom. The second-order valence-electron chi connectivity index (χ2n) is 7.53. The van der Waals surface area contributed by atoms with Crippen molar-refractivity contribution in [1.82, 2.24) is 9.55 Å². The van der Waals surface area contributed by atoms with Crippen LogP contribution in [0.25, 0.3) is 49.9 Å². The van der Waals surface area contributed by atoms with E-state index in [0.29, 0.717) is 0 Å². The van der Waals surface area contributed by atoms with Crippen LogP contribution < -0.4 is 0 Å². The maximum atomic E-state index is 3.56. The molecule has 0 atom stereocenters. The molecule has 130 valence electrons. The van der Waals surface area contributed by atoms with Crippen LogP contribution in [0.1, 0.15) is 17.7 Å². The number of H-pyrrole nitrogens is 1. The maximum Gasteiger partial charge on any atom is 0.0489 e. The van der Waals surface area contributed by atoms with Gasteiger partial charge in [0.25, 0.3) is 0 Å². The Morgan fingerprint density at radius 1 is 0.815 bits per heavy atom. The summed E-state index contributed by atoms with van der Waals surface area (Å²) in [6.45, 7) is 0. The zero-order valence-electron chi connectivity index (χ0n) is 15.3. The lowest BCUT2D eigenvalue weighted by Gasteiger charge is -2.06. The summed E-state index contributed by atoms with van der Waals surface area (Å²) in [5, 5.41) is 4.01. The summed E-state index contributed by atoms with van der Waals surface area (Å²) >= 11 is 0. The molecule has 0 saturated heterocycles. The van der Waals surface area contributed by atoms with Crippen molar-refractivity contribution >= 4 is 38.8 Å². The third-order valence-electron chi connectivity index (χ3n) is 6.03. The zero-order valence-corrected chi connectivity index (χ0v) is 15.3. The Morgan fingerprint density at radius 2 is 1.59 bits per heavy atom. The van der Waals surface area contributed by atoms with Crippen molar-refractivity contribution < 1.29 is 0 Å². The molecule has 0 amide bonds. The van der Waals surface area contributed by atoms with Gasteiger partial charge in [0.2, 0.25) is 0 Å². The Balaban J connectivity index is 1.59. The van der Waals surface area contributed by atoms with Gasteiger partial charge in [0.15, 0.2) is 0 Å². The normalized spacial score (nSPS) is 13.7. The van der Waals surface area contributed by atoms with Crippen LogP contribution in [0, 0.1) is 0 Å². The molecule has 0 bridgehead atoms. The fourth-order valence-corrected chi connectivity index (χ4v) is 4.64. The fourth-order valence-electron chi connectivity index (χ4n) is 4.64. The number of para-hydroxylation sites is 1. The average molecular weight is 348 g/mol. The molecule has 6 rings (SSSR count). The number of hydrogen-bond donors (Lipinski definition) is 1. The SMILES string of the molecule is Cn1c2ccccc2c2cc(-c3ccc4[nH]c5c(c4c3)CCC=C5)ccc21. The van der Waals surface area contributed by atoms with Gasteiger partial charge in [-0.25, -0.2) is 0 Å². The van der Waals surface area contributed by atoms with E-state index in [0.717, 1.165) is 12.8 Å². The number of aromatic nitrogens is 2. The molecule has 1 aliphatic rings. The zero-order chi connectivity index (χ0) is 18.0. The van der Waals surface area contributed by atoms with E-state index in [-0.39, 0.29) is 0 Å². The first-order valence-electron chi connectivity index (χ1n) is 9.58. The van der Waals surface area contributed by atoms with Gasteiger partial charge in [0, 0.05) is 45.5 Å². The van der Waals surface area contributed by atoms with Crippen molar-refractivity contribution in [3.8, 4) is 11.1 Å². The maximum absolute atomic E-state index is 3.56. The minimum absolute atomic E-state index is 1.12. The van der Waals surface area contributed by atoms with Crippen molar-refractivity contribution in [2.75, 3.05) is 0 Å². The van der Waals surface area contributed by atoms with Crippen LogP contribution in [0.5, 0.6) is 0 Å². The van der Waals surface area contributed by atoms with E-state index in [1.807, 2.05) is 0 Å². The predicted octanol–water partition coefficient (Wildman–Crippen LogP) is 6.44. The van der Waals surface area contributed by atoms with Crippen LogP contribution in [-0.4, -0.2) is 9.55 Å². The number of benzene rings is 3. The van der Waals surface area contributed by atoms with E-state index in [1.165, 1.54) is 55.1 Å². The molecule has 0 unspecified atom stereocenters. The van der Waals surface area contributed by atoms with E-state index >= 15 is 0 Å². The van der Waals surface area contributed by atoms with Crippen molar-refractivity contribution in [1.29, 1.82) is 0 Å². The van der Waals surface area contributed by atoms with Crippen molar-refractivity contribution in [2.45, 2.75) is 12.8 Å². The largest absolute Gasteiger partial charge is 0.355 e. The van der Waals surface area contributed by atoms with Crippen LogP contribution in [0.3, 0.4) is 0 Å². The Labute approximate surface area is 157 Å². The lowest BCUT2D eigenvalue weighted by atomic mass is 9.97. The molecule has 5 aromatic rings. The first-order valence-corrected chi connectivity index (χ1v) is 9.58. The summed E-state index contributed by atoms with van der Waals surface area (Å²) in [7, 11) is 2.15. The first kappa shape index (κ1) is 14.9. The molecule has 1 aliphatic carbocycles. The minimum Gasteiger partial charge on any atom is -0.355 e. The number of rotatable bonds is 1. The summed E-state index contributed by atoms with van der Waals surface area (Å²) in [4.78, 5) is 3.56. The van der Waals surface area contributed by atoms with Crippen molar-refractivity contribution in [3.05, 3.63) is 78.0 Å². The highest BCUT2D eigenvalue weighted by molar-refractivity contribution is 6.09. The molecule has 27 heavy (non-hydrogen) atoms. The Bertz CT molecular complexity index is 1380. The lowest BCUT2D eigenvalue weighted by molar-refractivity contribution is 0.992. The third kappa shape index (κ3) is 2.07. The quantitative estimate of drug-likeness (QED) is 0.360. The molecule has 0 radical (unpaired) electrons. The molecule has 0 fully saturated rings. The highest BCUT2D eigenvalue weighted by atomic mass is 14.9. The summed E-state index contributed by atoms with van der Waals surface area (Å²) in [6.07, 6.45) is 6.73. The number of nitrogens with one attached hydrogen (secondary N) is 1. The van der Waals surface area contributed by atoms with Gasteiger partial charge in [-0.2, -0.15) is 0 Å². The van der Waals surface area contributed by atoms with E-state index < -0.39 is 0 Å². The van der Waals surface area contributed by atoms with Crippen LogP contribution in [0.15, 0.2) is 66.7 Å². The summed E-state index contributed by atoms with van der Waals surface area (Å²) in [5.74, 6) is 0. The summed E-state index contributed by atoms with van der Waals surface area (Å²) in [5.41, 5.74) is 9.10. The average Bonchev–Trinajstić information content (AvgIpc) is 3.23. The second-order valence-corrected chi connectivity index (χ2v) is 7.53. The lowest BCUT2D eigenvalue weighted by Crippen LogP contribution is -1.90. The van der Waals surface area contributed by atoms with Gasteiger partial charge in [-0.15, -0.1) is 0 Å². The standard InChI is InChI=1S/C25H20N2/c1-27-24-9-5-3-7-19(24)21-15-17(11-13-25(21)27)16-10-12-23-20(14-16)18-6-2-4-8-22(18)26-23/h3-5,7-15,26H,2,6H2,1H3. The molecule has 2 aromatic heterocycles. The number of nitrogens with zero attached hydrogens (tertiary/aromatic N) is 1. The molecule has 2 heteroatoms. The first-order chi connectivity index (χ1) is 13.3. The van der Waals surface area contributed by atoms with Gasteiger partial charge < -0.3 is 9.55 Å². The number of aryl methyl sites for hydroxylation is 2. The van der Waals surface area contributed by atoms with E-state index in [4.69, 9.17) is 0 Å². The Kier molecular flexibility index (Phi) is 2.96. The van der Waals surface area contributed by atoms with Crippen molar-refractivity contribution in [2.24, 2.45) is 7.05 Å². The molecule has 0 spiro atoms. The van der Waals surface area contributed by atoms with Gasteiger partial charge in [-0.1, -0.05) is 36.4 Å². The molecule has 3 aromatic carbocycles. The number of allylic oxidation sites excluding steroid dienone is 1. The van der Waals surface area contributed by atoms with Gasteiger partial charge >= 0.3 is 0 Å². The number of aromatic amines is 1. The van der Waals surface area contributed by atoms with E-state index in [9.17, 15) is 0 Å². The van der Waals surface area contributed by atoms with E-state index in [2.05, 4.69) is 89.4 Å². The van der Waals surface area contributed by atoms with Crippen LogP contribution >= 0.6 is 0 Å². The van der Waals surface area contributed by atoms with Crippen LogP contribution in [0.2, 0.25) is 0 Å². The minimum atomic E-state index is 1.12. The molecule has 2 nitrogen and oxygen atoms in total. The predicted molar refractivity (Wildman–Crippen MR) is 115 cm³/mol. The molecule has 0 saturated carbocycles. The fraction of sp³-hybridized carbons (Fsp3) is 0.120. The highest BCUT2D eigenvalue weighted by Crippen LogP contribution is 2.35. The van der Waals surface area contributed by atoms with Gasteiger partial charge in [0.1, 0.15) is 0 Å². The summed E-state index contributed by atoms with van der Waals surface area (Å²) in [6, 6.07) is 22.3. The Hall–Kier alpha value is -3.26. The van der Waals surface area contributed by atoms with Gasteiger partial charge in [0.05, 0.1) is 0 Å². The highest BCUT2D eigenvalue weighted by Gasteiger charge is 2.14. The molecular formula is C25H20N2. The molecular weight excluding hydrogens is 328 g/mol. The monoisotopic (exact) mass is 348 g/mol. The van der Waals surface area contributed by atoms with Crippen LogP contribution in [0.4, 0.5) is 0 Å². The molecule has 2 heterocycles. The smallest absolute Gasteiger partial charge is 0.0489 e. The van der Waals surface area contributed by atoms with Gasteiger partial charge in [-0.05, 0) is 65.9 Å². The molecule has 1 N–H and O–H groups in total. The number of hydrogen-bond acceptors (Lipinski definition) is 0. The third-order valence-corrected chi connectivity index (χ3v) is 6.03. The summed E-state index contributed by atoms with van der Waals surface area (Å²) < 4.78 is 2.28. The molecule has 0 aliphatic heterocycles. The topological polar surface area (TPSA) is 20.7 Å². The number of fused-ring (bicyclic) bond motifs is 6. The second kappa shape index (κ2) is 5.37.